The summed E-state index contributed by atoms with van der Waals surface area (Å²) in [4.78, 5) is 14.5. The first-order valence-corrected chi connectivity index (χ1v) is 6.52. The van der Waals surface area contributed by atoms with E-state index in [9.17, 15) is 4.79 Å². The van der Waals surface area contributed by atoms with Crippen molar-refractivity contribution in [3.63, 3.8) is 0 Å². The van der Waals surface area contributed by atoms with Gasteiger partial charge >= 0.3 is 5.97 Å². The van der Waals surface area contributed by atoms with Crippen LogP contribution in [0.1, 0.15) is 24.6 Å². The van der Waals surface area contributed by atoms with E-state index in [2.05, 4.69) is 11.1 Å². The van der Waals surface area contributed by atoms with Gasteiger partial charge in [-0.15, -0.1) is 0 Å². The fourth-order valence-electron chi connectivity index (χ4n) is 2.89. The molecule has 3 rings (SSSR count). The normalized spacial score (nSPS) is 18.1. The molecule has 100 valence electrons. The van der Waals surface area contributed by atoms with E-state index in [1.54, 1.807) is 7.11 Å². The van der Waals surface area contributed by atoms with Gasteiger partial charge in [-0.2, -0.15) is 0 Å². The lowest BCUT2D eigenvalue weighted by molar-refractivity contribution is -0.146. The van der Waals surface area contributed by atoms with Gasteiger partial charge in [0, 0.05) is 24.4 Å². The Labute approximate surface area is 111 Å². The van der Waals surface area contributed by atoms with E-state index in [1.165, 1.54) is 23.6 Å². The number of aromatic nitrogens is 1. The Morgan fingerprint density at radius 1 is 1.42 bits per heavy atom. The summed E-state index contributed by atoms with van der Waals surface area (Å²) in [6.45, 7) is 1.47. The van der Waals surface area contributed by atoms with E-state index in [0.717, 1.165) is 30.5 Å². The number of aryl methyl sites for hydroxylation is 1. The van der Waals surface area contributed by atoms with Crippen LogP contribution in [-0.2, 0) is 22.4 Å². The van der Waals surface area contributed by atoms with Crippen molar-refractivity contribution in [2.24, 2.45) is 0 Å². The van der Waals surface area contributed by atoms with E-state index < -0.39 is 0 Å². The van der Waals surface area contributed by atoms with Crippen LogP contribution in [0.5, 0.6) is 5.75 Å². The highest BCUT2D eigenvalue weighted by Crippen LogP contribution is 2.34. The monoisotopic (exact) mass is 259 g/mol. The maximum Gasteiger partial charge on any atom is 0.302 e. The van der Waals surface area contributed by atoms with Crippen LogP contribution in [-0.4, -0.2) is 24.2 Å². The largest absolute Gasteiger partial charge is 0.495 e. The number of H-pyrrole nitrogens is 1. The Kier molecular flexibility index (Phi) is 2.93. The van der Waals surface area contributed by atoms with Crippen LogP contribution in [0.25, 0.3) is 10.9 Å². The summed E-state index contributed by atoms with van der Waals surface area (Å²) >= 11 is 0. The fourth-order valence-corrected chi connectivity index (χ4v) is 2.89. The fraction of sp³-hybridized carbons (Fsp3) is 0.400. The van der Waals surface area contributed by atoms with Crippen molar-refractivity contribution in [1.82, 2.24) is 4.98 Å². The van der Waals surface area contributed by atoms with Crippen LogP contribution in [0.15, 0.2) is 18.2 Å². The van der Waals surface area contributed by atoms with Crippen LogP contribution in [0.2, 0.25) is 0 Å². The Morgan fingerprint density at radius 2 is 2.26 bits per heavy atom. The van der Waals surface area contributed by atoms with Gasteiger partial charge in [0.2, 0.25) is 0 Å². The lowest BCUT2D eigenvalue weighted by Gasteiger charge is -2.22. The van der Waals surface area contributed by atoms with Crippen molar-refractivity contribution < 1.29 is 14.3 Å². The predicted octanol–water partition coefficient (Wildman–Crippen LogP) is 2.60. The molecule has 1 atom stereocenters. The highest BCUT2D eigenvalue weighted by atomic mass is 16.5. The maximum absolute atomic E-state index is 11.1. The average molecular weight is 259 g/mol. The number of carbonyl (C=O) groups is 1. The Hall–Kier alpha value is -1.97. The van der Waals surface area contributed by atoms with Crippen molar-refractivity contribution in [2.75, 3.05) is 7.11 Å². The zero-order chi connectivity index (χ0) is 13.4. The van der Waals surface area contributed by atoms with Gasteiger partial charge in [0.25, 0.3) is 0 Å². The summed E-state index contributed by atoms with van der Waals surface area (Å²) in [7, 11) is 1.68. The number of para-hydroxylation sites is 1. The minimum Gasteiger partial charge on any atom is -0.495 e. The van der Waals surface area contributed by atoms with Crippen molar-refractivity contribution in [1.29, 1.82) is 0 Å². The molecule has 4 heteroatoms. The summed E-state index contributed by atoms with van der Waals surface area (Å²) in [6, 6.07) is 6.03. The molecule has 0 spiro atoms. The number of carbonyl (C=O) groups excluding carboxylic acids is 1. The SMILES string of the molecule is COc1cccc2c3c([nH]c12)CC[C@@H](OC(C)=O)C3. The molecule has 1 aromatic carbocycles. The number of ether oxygens (including phenoxy) is 2. The number of fused-ring (bicyclic) bond motifs is 3. The van der Waals surface area contributed by atoms with Gasteiger partial charge in [0.05, 0.1) is 12.6 Å². The summed E-state index contributed by atoms with van der Waals surface area (Å²) < 4.78 is 10.7. The molecule has 0 aliphatic heterocycles. The molecule has 0 amide bonds. The molecular formula is C15H17NO3. The third-order valence-electron chi connectivity index (χ3n) is 3.69. The van der Waals surface area contributed by atoms with E-state index in [1.807, 2.05) is 12.1 Å². The molecule has 0 saturated carbocycles. The van der Waals surface area contributed by atoms with E-state index in [-0.39, 0.29) is 12.1 Å². The number of aromatic amines is 1. The molecule has 2 aromatic rings. The molecule has 1 aliphatic carbocycles. The molecule has 0 fully saturated rings. The van der Waals surface area contributed by atoms with Gasteiger partial charge in [-0.1, -0.05) is 12.1 Å². The molecule has 0 saturated heterocycles. The van der Waals surface area contributed by atoms with Crippen molar-refractivity contribution >= 4 is 16.9 Å². The predicted molar refractivity (Wildman–Crippen MR) is 72.4 cm³/mol. The molecule has 1 N–H and O–H groups in total. The van der Waals surface area contributed by atoms with Crippen LogP contribution >= 0.6 is 0 Å². The third-order valence-corrected chi connectivity index (χ3v) is 3.69. The molecular weight excluding hydrogens is 242 g/mol. The molecule has 0 bridgehead atoms. The quantitative estimate of drug-likeness (QED) is 0.843. The number of esters is 1. The molecule has 19 heavy (non-hydrogen) atoms. The molecule has 1 aliphatic rings. The standard InChI is InChI=1S/C15H17NO3/c1-9(17)19-10-6-7-13-12(8-10)11-4-3-5-14(18-2)15(11)16-13/h3-5,10,16H,6-8H2,1-2H3/t10-/m1/s1. The van der Waals surface area contributed by atoms with Crippen LogP contribution in [0, 0.1) is 0 Å². The van der Waals surface area contributed by atoms with Crippen molar-refractivity contribution in [2.45, 2.75) is 32.3 Å². The third kappa shape index (κ3) is 2.07. The van der Waals surface area contributed by atoms with Crippen LogP contribution in [0.4, 0.5) is 0 Å². The minimum atomic E-state index is -0.203. The van der Waals surface area contributed by atoms with E-state index in [4.69, 9.17) is 9.47 Å². The van der Waals surface area contributed by atoms with Crippen molar-refractivity contribution in [3.05, 3.63) is 29.5 Å². The topological polar surface area (TPSA) is 51.3 Å². The average Bonchev–Trinajstić information content (AvgIpc) is 2.76. The first-order chi connectivity index (χ1) is 9.19. The minimum absolute atomic E-state index is 0.00444. The first-order valence-electron chi connectivity index (χ1n) is 6.52. The van der Waals surface area contributed by atoms with Gasteiger partial charge in [0.15, 0.2) is 0 Å². The first kappa shape index (κ1) is 12.1. The second-order valence-corrected chi connectivity index (χ2v) is 4.94. The summed E-state index contributed by atoms with van der Waals surface area (Å²) in [6.07, 6.45) is 2.56. The Bertz CT molecular complexity index is 630. The number of hydrogen-bond donors (Lipinski definition) is 1. The van der Waals surface area contributed by atoms with Gasteiger partial charge in [0.1, 0.15) is 11.9 Å². The number of hydrogen-bond acceptors (Lipinski definition) is 3. The van der Waals surface area contributed by atoms with E-state index in [0.29, 0.717) is 0 Å². The zero-order valence-electron chi connectivity index (χ0n) is 11.2. The lowest BCUT2D eigenvalue weighted by Crippen LogP contribution is -2.24. The second kappa shape index (κ2) is 4.61. The molecule has 4 nitrogen and oxygen atoms in total. The Morgan fingerprint density at radius 3 is 3.00 bits per heavy atom. The highest BCUT2D eigenvalue weighted by Gasteiger charge is 2.25. The summed E-state index contributed by atoms with van der Waals surface area (Å²) in [5.41, 5.74) is 3.53. The highest BCUT2D eigenvalue weighted by molar-refractivity contribution is 5.89. The molecule has 1 aromatic heterocycles. The number of rotatable bonds is 2. The van der Waals surface area contributed by atoms with Gasteiger partial charge in [-0.05, 0) is 24.5 Å². The summed E-state index contributed by atoms with van der Waals surface area (Å²) in [5, 5.41) is 1.17. The zero-order valence-corrected chi connectivity index (χ0v) is 11.2. The Balaban J connectivity index is 2.02. The van der Waals surface area contributed by atoms with Crippen LogP contribution < -0.4 is 4.74 Å². The molecule has 1 heterocycles. The van der Waals surface area contributed by atoms with E-state index >= 15 is 0 Å². The van der Waals surface area contributed by atoms with Gasteiger partial charge in [-0.25, -0.2) is 0 Å². The molecule has 0 unspecified atom stereocenters. The number of nitrogens with one attached hydrogen (secondary N) is 1. The lowest BCUT2D eigenvalue weighted by atomic mass is 9.93. The maximum atomic E-state index is 11.1. The van der Waals surface area contributed by atoms with Crippen molar-refractivity contribution in [3.8, 4) is 5.75 Å². The van der Waals surface area contributed by atoms with Crippen LogP contribution in [0.3, 0.4) is 0 Å². The number of methoxy groups -OCH3 is 1. The second-order valence-electron chi connectivity index (χ2n) is 4.94. The molecule has 0 radical (unpaired) electrons. The van der Waals surface area contributed by atoms with Gasteiger partial charge in [-0.3, -0.25) is 4.79 Å². The smallest absolute Gasteiger partial charge is 0.302 e. The summed E-state index contributed by atoms with van der Waals surface area (Å²) in [5.74, 6) is 0.654. The number of benzene rings is 1. The van der Waals surface area contributed by atoms with Gasteiger partial charge < -0.3 is 14.5 Å².